The summed E-state index contributed by atoms with van der Waals surface area (Å²) in [5.74, 6) is 0. The van der Waals surface area contributed by atoms with Gasteiger partial charge in [0.05, 0.1) is 11.7 Å². The van der Waals surface area contributed by atoms with Crippen LogP contribution in [0.2, 0.25) is 0 Å². The normalized spacial score (nSPS) is 18.3. The Labute approximate surface area is 195 Å². The smallest absolute Gasteiger partial charge is 0.174 e. The second-order valence-electron chi connectivity index (χ2n) is 7.56. The minimum Gasteiger partial charge on any atom is -0.351 e. The van der Waals surface area contributed by atoms with E-state index in [0.717, 1.165) is 27.2 Å². The molecule has 5 rings (SSSR count). The van der Waals surface area contributed by atoms with Crippen molar-refractivity contribution in [3.8, 4) is 5.69 Å². The SMILES string of the molecule is Cc1ccccc1-n1cccc1C1C(c2ccccn2)NC(=S)N1c1ccc(Br)cc1. The molecular formula is C25H21BrN4S. The number of aryl methyl sites for hydroxylation is 1. The predicted molar refractivity (Wildman–Crippen MR) is 133 cm³/mol. The predicted octanol–water partition coefficient (Wildman–Crippen LogP) is 6.12. The van der Waals surface area contributed by atoms with Crippen LogP contribution in [0, 0.1) is 6.92 Å². The molecule has 0 radical (unpaired) electrons. The second-order valence-corrected chi connectivity index (χ2v) is 8.86. The van der Waals surface area contributed by atoms with Gasteiger partial charge in [0.2, 0.25) is 0 Å². The molecule has 6 heteroatoms. The number of anilines is 1. The van der Waals surface area contributed by atoms with Crippen molar-refractivity contribution in [1.29, 1.82) is 0 Å². The molecule has 154 valence electrons. The summed E-state index contributed by atoms with van der Waals surface area (Å²) in [6.07, 6.45) is 3.95. The average Bonchev–Trinajstić information content (AvgIpc) is 3.39. The van der Waals surface area contributed by atoms with Crippen LogP contribution in [0.5, 0.6) is 0 Å². The molecule has 3 heterocycles. The first kappa shape index (κ1) is 20.0. The molecule has 2 atom stereocenters. The number of rotatable bonds is 4. The lowest BCUT2D eigenvalue weighted by Crippen LogP contribution is -2.30. The number of nitrogens with zero attached hydrogens (tertiary/aromatic N) is 3. The van der Waals surface area contributed by atoms with Crippen LogP contribution in [0.25, 0.3) is 5.69 Å². The Morgan fingerprint density at radius 2 is 1.71 bits per heavy atom. The lowest BCUT2D eigenvalue weighted by molar-refractivity contribution is 0.549. The maximum atomic E-state index is 5.84. The highest BCUT2D eigenvalue weighted by Gasteiger charge is 2.42. The van der Waals surface area contributed by atoms with Crippen molar-refractivity contribution in [2.24, 2.45) is 0 Å². The molecule has 0 bridgehead atoms. The number of aromatic nitrogens is 2. The highest BCUT2D eigenvalue weighted by Crippen LogP contribution is 2.42. The van der Waals surface area contributed by atoms with Gasteiger partial charge in [-0.25, -0.2) is 0 Å². The van der Waals surface area contributed by atoms with E-state index in [4.69, 9.17) is 12.2 Å². The van der Waals surface area contributed by atoms with Crippen LogP contribution in [0.4, 0.5) is 5.69 Å². The quantitative estimate of drug-likeness (QED) is 0.350. The number of thiocarbonyl (C=S) groups is 1. The summed E-state index contributed by atoms with van der Waals surface area (Å²) in [6, 6.07) is 26.9. The zero-order valence-corrected chi connectivity index (χ0v) is 19.3. The van der Waals surface area contributed by atoms with E-state index in [0.29, 0.717) is 5.11 Å². The largest absolute Gasteiger partial charge is 0.351 e. The molecule has 0 saturated carbocycles. The maximum Gasteiger partial charge on any atom is 0.174 e. The lowest BCUT2D eigenvalue weighted by atomic mass is 10.0. The first-order valence-corrected chi connectivity index (χ1v) is 11.3. The van der Waals surface area contributed by atoms with Crippen molar-refractivity contribution in [2.45, 2.75) is 19.0 Å². The van der Waals surface area contributed by atoms with Crippen molar-refractivity contribution in [2.75, 3.05) is 4.90 Å². The zero-order chi connectivity index (χ0) is 21.4. The van der Waals surface area contributed by atoms with Gasteiger partial charge < -0.3 is 14.8 Å². The Kier molecular flexibility index (Phi) is 5.34. The fourth-order valence-corrected chi connectivity index (χ4v) is 4.83. The van der Waals surface area contributed by atoms with E-state index in [1.807, 2.05) is 30.5 Å². The summed E-state index contributed by atoms with van der Waals surface area (Å²) in [7, 11) is 0. The van der Waals surface area contributed by atoms with E-state index in [-0.39, 0.29) is 12.1 Å². The molecule has 31 heavy (non-hydrogen) atoms. The number of benzene rings is 2. The molecule has 0 spiro atoms. The van der Waals surface area contributed by atoms with Gasteiger partial charge in [-0.05, 0) is 79.3 Å². The third-order valence-electron chi connectivity index (χ3n) is 5.66. The highest BCUT2D eigenvalue weighted by molar-refractivity contribution is 9.10. The molecule has 2 unspecified atom stereocenters. The van der Waals surface area contributed by atoms with Crippen molar-refractivity contribution >= 4 is 38.9 Å². The summed E-state index contributed by atoms with van der Waals surface area (Å²) in [6.45, 7) is 2.14. The van der Waals surface area contributed by atoms with Crippen molar-refractivity contribution in [3.63, 3.8) is 0 Å². The third-order valence-corrected chi connectivity index (χ3v) is 6.50. The van der Waals surface area contributed by atoms with Crippen LogP contribution in [0.1, 0.15) is 29.0 Å². The number of hydrogen-bond acceptors (Lipinski definition) is 2. The second kappa shape index (κ2) is 8.29. The summed E-state index contributed by atoms with van der Waals surface area (Å²) in [5.41, 5.74) is 5.54. The van der Waals surface area contributed by atoms with E-state index in [1.54, 1.807) is 0 Å². The average molecular weight is 489 g/mol. The van der Waals surface area contributed by atoms with Crippen LogP contribution in [0.15, 0.2) is 95.7 Å². The van der Waals surface area contributed by atoms with Crippen LogP contribution in [-0.2, 0) is 0 Å². The molecule has 1 N–H and O–H groups in total. The number of halogens is 1. The first-order chi connectivity index (χ1) is 15.1. The van der Waals surface area contributed by atoms with Gasteiger partial charge in [-0.3, -0.25) is 4.98 Å². The zero-order valence-electron chi connectivity index (χ0n) is 16.9. The van der Waals surface area contributed by atoms with Gasteiger partial charge in [0.1, 0.15) is 6.04 Å². The monoisotopic (exact) mass is 488 g/mol. The molecule has 0 amide bonds. The van der Waals surface area contributed by atoms with Crippen molar-refractivity contribution < 1.29 is 0 Å². The van der Waals surface area contributed by atoms with E-state index in [9.17, 15) is 0 Å². The Morgan fingerprint density at radius 1 is 0.935 bits per heavy atom. The summed E-state index contributed by atoms with van der Waals surface area (Å²) in [5, 5.41) is 4.23. The standard InChI is InChI=1S/C25H21BrN4S/c1-17-7-2-3-9-21(17)29-16-6-10-22(29)24-23(20-8-4-5-15-27-20)28-25(31)30(24)19-13-11-18(26)12-14-19/h2-16,23-24H,1H3,(H,28,31). The fourth-order valence-electron chi connectivity index (χ4n) is 4.22. The molecule has 4 nitrogen and oxygen atoms in total. The third kappa shape index (κ3) is 3.66. The van der Waals surface area contributed by atoms with Gasteiger partial charge in [0.25, 0.3) is 0 Å². The molecule has 0 aliphatic carbocycles. The summed E-state index contributed by atoms with van der Waals surface area (Å²) >= 11 is 9.38. The molecule has 2 aromatic heterocycles. The number of para-hydroxylation sites is 1. The summed E-state index contributed by atoms with van der Waals surface area (Å²) < 4.78 is 3.30. The van der Waals surface area contributed by atoms with Crippen molar-refractivity contribution in [1.82, 2.24) is 14.9 Å². The van der Waals surface area contributed by atoms with Gasteiger partial charge >= 0.3 is 0 Å². The van der Waals surface area contributed by atoms with E-state index >= 15 is 0 Å². The number of hydrogen-bond donors (Lipinski definition) is 1. The minimum absolute atomic E-state index is 0.0572. The van der Waals surface area contributed by atoms with Crippen LogP contribution < -0.4 is 10.2 Å². The minimum atomic E-state index is -0.0741. The van der Waals surface area contributed by atoms with Crippen molar-refractivity contribution in [3.05, 3.63) is 113 Å². The van der Waals surface area contributed by atoms with Crippen LogP contribution in [0.3, 0.4) is 0 Å². The van der Waals surface area contributed by atoms with E-state index in [2.05, 4.69) is 103 Å². The topological polar surface area (TPSA) is 33.1 Å². The summed E-state index contributed by atoms with van der Waals surface area (Å²) in [4.78, 5) is 6.85. The molecule has 1 aliphatic heterocycles. The van der Waals surface area contributed by atoms with Gasteiger partial charge in [-0.15, -0.1) is 0 Å². The van der Waals surface area contributed by atoms with Gasteiger partial charge in [0, 0.05) is 33.9 Å². The van der Waals surface area contributed by atoms with Crippen LogP contribution in [-0.4, -0.2) is 14.7 Å². The van der Waals surface area contributed by atoms with Gasteiger partial charge in [-0.2, -0.15) is 0 Å². The first-order valence-electron chi connectivity index (χ1n) is 10.1. The Bertz CT molecular complexity index is 1220. The number of pyridine rings is 1. The maximum absolute atomic E-state index is 5.84. The van der Waals surface area contributed by atoms with Crippen LogP contribution >= 0.6 is 28.1 Å². The van der Waals surface area contributed by atoms with E-state index < -0.39 is 0 Å². The Hall–Kier alpha value is -2.96. The molecular weight excluding hydrogens is 468 g/mol. The van der Waals surface area contributed by atoms with Gasteiger partial charge in [-0.1, -0.05) is 40.2 Å². The Morgan fingerprint density at radius 3 is 2.45 bits per heavy atom. The highest BCUT2D eigenvalue weighted by atomic mass is 79.9. The molecule has 1 saturated heterocycles. The molecule has 1 fully saturated rings. The lowest BCUT2D eigenvalue weighted by Gasteiger charge is -2.29. The molecule has 2 aromatic carbocycles. The van der Waals surface area contributed by atoms with Gasteiger partial charge in [0.15, 0.2) is 5.11 Å². The fraction of sp³-hybridized carbons (Fsp3) is 0.120. The van der Waals surface area contributed by atoms with E-state index in [1.165, 1.54) is 5.56 Å². The number of nitrogens with one attached hydrogen (secondary N) is 1. The molecule has 4 aromatic rings. The molecule has 1 aliphatic rings. The Balaban J connectivity index is 1.68.